The van der Waals surface area contributed by atoms with Crippen molar-refractivity contribution in [2.45, 2.75) is 39.3 Å². The Hall–Kier alpha value is -1.69. The number of benzene rings is 1. The molecule has 0 aromatic heterocycles. The lowest BCUT2D eigenvalue weighted by Crippen LogP contribution is -2.47. The molecule has 1 unspecified atom stereocenters. The highest BCUT2D eigenvalue weighted by Crippen LogP contribution is 2.09. The van der Waals surface area contributed by atoms with Gasteiger partial charge in [0, 0.05) is 25.2 Å². The third-order valence-corrected chi connectivity index (χ3v) is 3.03. The average Bonchev–Trinajstić information content (AvgIpc) is 2.37. The molecule has 0 saturated carbocycles. The van der Waals surface area contributed by atoms with Crippen molar-refractivity contribution in [2.75, 3.05) is 13.1 Å². The number of halogens is 2. The molecule has 1 rings (SSSR count). The highest BCUT2D eigenvalue weighted by molar-refractivity contribution is 5.74. The summed E-state index contributed by atoms with van der Waals surface area (Å²) in [6.45, 7) is 5.78. The lowest BCUT2D eigenvalue weighted by atomic mass is 10.1. The zero-order chi connectivity index (χ0) is 16.0. The summed E-state index contributed by atoms with van der Waals surface area (Å²) >= 11 is 0. The Morgan fingerprint density at radius 3 is 2.52 bits per heavy atom. The molecule has 0 saturated heterocycles. The molecule has 21 heavy (non-hydrogen) atoms. The number of nitrogens with one attached hydrogen (secondary N) is 1. The van der Waals surface area contributed by atoms with Gasteiger partial charge in [-0.2, -0.15) is 0 Å². The van der Waals surface area contributed by atoms with Crippen LogP contribution < -0.4 is 5.32 Å². The summed E-state index contributed by atoms with van der Waals surface area (Å²) in [4.78, 5) is 13.5. The van der Waals surface area contributed by atoms with Gasteiger partial charge in [0.15, 0.2) is 0 Å². The zero-order valence-electron chi connectivity index (χ0n) is 12.6. The molecule has 0 fully saturated rings. The number of carbonyl (C=O) groups excluding carboxylic acids is 1. The zero-order valence-corrected chi connectivity index (χ0v) is 12.6. The molecule has 118 valence electrons. The molecule has 0 aliphatic heterocycles. The van der Waals surface area contributed by atoms with E-state index in [4.69, 9.17) is 0 Å². The largest absolute Gasteiger partial charge is 0.392 e. The second kappa shape index (κ2) is 7.93. The van der Waals surface area contributed by atoms with Crippen LogP contribution in [0, 0.1) is 11.6 Å². The molecule has 6 heteroatoms. The Labute approximate surface area is 123 Å². The fraction of sp³-hybridized carbons (Fsp3) is 0.533. The third-order valence-electron chi connectivity index (χ3n) is 3.03. The Morgan fingerprint density at radius 2 is 2.00 bits per heavy atom. The molecule has 0 radical (unpaired) electrons. The van der Waals surface area contributed by atoms with Crippen LogP contribution in [0.2, 0.25) is 0 Å². The summed E-state index contributed by atoms with van der Waals surface area (Å²) in [5, 5.41) is 12.1. The molecule has 1 atom stereocenters. The number of hydrogen-bond acceptors (Lipinski definition) is 2. The maximum Gasteiger partial charge on any atom is 0.317 e. The smallest absolute Gasteiger partial charge is 0.317 e. The predicted molar refractivity (Wildman–Crippen MR) is 77.0 cm³/mol. The van der Waals surface area contributed by atoms with E-state index in [9.17, 15) is 18.7 Å². The molecule has 0 spiro atoms. The second-order valence-electron chi connectivity index (χ2n) is 5.31. The summed E-state index contributed by atoms with van der Waals surface area (Å²) in [6, 6.07) is 3.02. The number of aliphatic hydroxyl groups is 1. The van der Waals surface area contributed by atoms with Crippen molar-refractivity contribution in [1.29, 1.82) is 0 Å². The summed E-state index contributed by atoms with van der Waals surface area (Å²) in [7, 11) is 0. The fourth-order valence-electron chi connectivity index (χ4n) is 1.94. The van der Waals surface area contributed by atoms with E-state index in [0.717, 1.165) is 6.07 Å². The number of hydrogen-bond donors (Lipinski definition) is 2. The first-order valence-corrected chi connectivity index (χ1v) is 6.97. The maximum atomic E-state index is 13.4. The normalized spacial score (nSPS) is 12.3. The van der Waals surface area contributed by atoms with Gasteiger partial charge < -0.3 is 15.3 Å². The molecule has 4 nitrogen and oxygen atoms in total. The molecule has 1 aromatic carbocycles. The number of urea groups is 1. The van der Waals surface area contributed by atoms with Crippen LogP contribution in [-0.4, -0.2) is 41.3 Å². The monoisotopic (exact) mass is 300 g/mol. The van der Waals surface area contributed by atoms with E-state index in [1.165, 1.54) is 17.0 Å². The van der Waals surface area contributed by atoms with Crippen LogP contribution in [-0.2, 0) is 6.42 Å². The highest BCUT2D eigenvalue weighted by Gasteiger charge is 2.18. The quantitative estimate of drug-likeness (QED) is 0.847. The van der Waals surface area contributed by atoms with Gasteiger partial charge in [0.2, 0.25) is 0 Å². The first-order chi connectivity index (χ1) is 9.81. The summed E-state index contributed by atoms with van der Waals surface area (Å²) < 4.78 is 26.2. The van der Waals surface area contributed by atoms with Gasteiger partial charge >= 0.3 is 6.03 Å². The third kappa shape index (κ3) is 5.67. The van der Waals surface area contributed by atoms with Crippen LogP contribution in [0.25, 0.3) is 0 Å². The van der Waals surface area contributed by atoms with Crippen molar-refractivity contribution in [3.63, 3.8) is 0 Å². The Morgan fingerprint density at radius 1 is 1.33 bits per heavy atom. The van der Waals surface area contributed by atoms with Gasteiger partial charge in [0.1, 0.15) is 11.6 Å². The van der Waals surface area contributed by atoms with E-state index in [1.54, 1.807) is 6.92 Å². The first-order valence-electron chi connectivity index (χ1n) is 6.97. The molecule has 0 bridgehead atoms. The SMILES string of the molecule is CC(O)CN(C(=O)NCCc1ccc(F)cc1F)C(C)C. The molecule has 2 amide bonds. The minimum Gasteiger partial charge on any atom is -0.392 e. The highest BCUT2D eigenvalue weighted by atomic mass is 19.1. The number of nitrogens with zero attached hydrogens (tertiary/aromatic N) is 1. The fourth-order valence-corrected chi connectivity index (χ4v) is 1.94. The van der Waals surface area contributed by atoms with Gasteiger partial charge in [-0.3, -0.25) is 0 Å². The average molecular weight is 300 g/mol. The number of aliphatic hydroxyl groups excluding tert-OH is 1. The molecule has 1 aromatic rings. The van der Waals surface area contributed by atoms with E-state index >= 15 is 0 Å². The summed E-state index contributed by atoms with van der Waals surface area (Å²) in [5.41, 5.74) is 0.350. The standard InChI is InChI=1S/C15H22F2N2O2/c1-10(2)19(9-11(3)20)15(21)18-7-6-12-4-5-13(16)8-14(12)17/h4-5,8,10-11,20H,6-7,9H2,1-3H3,(H,18,21). The summed E-state index contributed by atoms with van der Waals surface area (Å²) in [5.74, 6) is -1.24. The van der Waals surface area contributed by atoms with Crippen LogP contribution >= 0.6 is 0 Å². The van der Waals surface area contributed by atoms with E-state index < -0.39 is 17.7 Å². The van der Waals surface area contributed by atoms with Gasteiger partial charge in [-0.1, -0.05) is 6.07 Å². The molecule has 0 aliphatic rings. The molecule has 0 heterocycles. The van der Waals surface area contributed by atoms with Crippen LogP contribution in [0.15, 0.2) is 18.2 Å². The van der Waals surface area contributed by atoms with Crippen molar-refractivity contribution in [3.05, 3.63) is 35.4 Å². The van der Waals surface area contributed by atoms with Gasteiger partial charge in [0.05, 0.1) is 6.10 Å². The predicted octanol–water partition coefficient (Wildman–Crippen LogP) is 2.31. The Balaban J connectivity index is 2.51. The maximum absolute atomic E-state index is 13.4. The molecular weight excluding hydrogens is 278 g/mol. The van der Waals surface area contributed by atoms with Crippen molar-refractivity contribution in [1.82, 2.24) is 10.2 Å². The van der Waals surface area contributed by atoms with Gasteiger partial charge in [-0.15, -0.1) is 0 Å². The van der Waals surface area contributed by atoms with Crippen molar-refractivity contribution < 1.29 is 18.7 Å². The van der Waals surface area contributed by atoms with Gasteiger partial charge in [-0.05, 0) is 38.8 Å². The lowest BCUT2D eigenvalue weighted by Gasteiger charge is -2.28. The number of rotatable bonds is 6. The number of amides is 2. The minimum atomic E-state index is -0.622. The van der Waals surface area contributed by atoms with E-state index in [2.05, 4.69) is 5.32 Å². The molecule has 0 aliphatic carbocycles. The minimum absolute atomic E-state index is 0.0536. The van der Waals surface area contributed by atoms with Crippen LogP contribution in [0.3, 0.4) is 0 Å². The second-order valence-corrected chi connectivity index (χ2v) is 5.31. The van der Waals surface area contributed by atoms with Crippen molar-refractivity contribution >= 4 is 6.03 Å². The lowest BCUT2D eigenvalue weighted by molar-refractivity contribution is 0.119. The van der Waals surface area contributed by atoms with Crippen molar-refractivity contribution in [2.24, 2.45) is 0 Å². The van der Waals surface area contributed by atoms with Gasteiger partial charge in [0.25, 0.3) is 0 Å². The topological polar surface area (TPSA) is 52.6 Å². The first kappa shape index (κ1) is 17.4. The van der Waals surface area contributed by atoms with E-state index in [1.807, 2.05) is 13.8 Å². The number of carbonyl (C=O) groups is 1. The molecule has 2 N–H and O–H groups in total. The van der Waals surface area contributed by atoms with Gasteiger partial charge in [-0.25, -0.2) is 13.6 Å². The van der Waals surface area contributed by atoms with E-state index in [0.29, 0.717) is 5.56 Å². The van der Waals surface area contributed by atoms with E-state index in [-0.39, 0.29) is 31.6 Å². The van der Waals surface area contributed by atoms with Crippen LogP contribution in [0.5, 0.6) is 0 Å². The molecular formula is C15H22F2N2O2. The Kier molecular flexibility index (Phi) is 6.55. The summed E-state index contributed by atoms with van der Waals surface area (Å²) in [6.07, 6.45) is -0.342. The van der Waals surface area contributed by atoms with Crippen molar-refractivity contribution in [3.8, 4) is 0 Å². The Bertz CT molecular complexity index is 479. The van der Waals surface area contributed by atoms with Crippen LogP contribution in [0.1, 0.15) is 26.3 Å². The van der Waals surface area contributed by atoms with Crippen LogP contribution in [0.4, 0.5) is 13.6 Å².